The molecule has 0 aromatic heterocycles. The van der Waals surface area contributed by atoms with Gasteiger partial charge in [0.2, 0.25) is 0 Å². The Kier molecular flexibility index (Phi) is 12.1. The summed E-state index contributed by atoms with van der Waals surface area (Å²) in [6, 6.07) is 10.0. The Morgan fingerprint density at radius 3 is 1.91 bits per heavy atom. The highest BCUT2D eigenvalue weighted by molar-refractivity contribution is 6.77. The zero-order valence-corrected chi connectivity index (χ0v) is 22.6. The minimum Gasteiger partial charge on any atom is -0.459 e. The number of aliphatic hydroxyl groups excluding tert-OH is 1. The molecule has 1 N–H and O–H groups in total. The van der Waals surface area contributed by atoms with E-state index in [4.69, 9.17) is 13.9 Å². The monoisotopic (exact) mass is 466 g/mol. The van der Waals surface area contributed by atoms with Crippen molar-refractivity contribution in [3.8, 4) is 0 Å². The summed E-state index contributed by atoms with van der Waals surface area (Å²) in [6.07, 6.45) is -1.50. The van der Waals surface area contributed by atoms with Crippen molar-refractivity contribution < 1.29 is 23.8 Å². The fraction of sp³-hybridized carbons (Fsp3) is 0.731. The van der Waals surface area contributed by atoms with E-state index in [0.717, 1.165) is 5.56 Å². The first-order valence-corrected chi connectivity index (χ1v) is 14.3. The summed E-state index contributed by atoms with van der Waals surface area (Å²) in [5, 5.41) is 10.4. The van der Waals surface area contributed by atoms with Crippen LogP contribution in [0.15, 0.2) is 30.3 Å². The van der Waals surface area contributed by atoms with Crippen LogP contribution in [0.3, 0.4) is 0 Å². The SMILES string of the molecule is CCC(=O)O[C@@H]([C@@H](C)[C@H](CO[Si](C(C)C)(C(C)C)C(C)C)OCc1ccccc1)[C@H](C)O. The van der Waals surface area contributed by atoms with Crippen molar-refractivity contribution in [2.24, 2.45) is 5.92 Å². The van der Waals surface area contributed by atoms with Crippen LogP contribution >= 0.6 is 0 Å². The second-order valence-electron chi connectivity index (χ2n) is 9.87. The average Bonchev–Trinajstić information content (AvgIpc) is 2.73. The molecule has 0 aliphatic carbocycles. The number of hydrogen-bond donors (Lipinski definition) is 1. The molecule has 0 radical (unpaired) electrons. The molecule has 1 rings (SSSR count). The molecule has 0 aliphatic heterocycles. The zero-order chi connectivity index (χ0) is 24.5. The highest BCUT2D eigenvalue weighted by Gasteiger charge is 2.46. The highest BCUT2D eigenvalue weighted by Crippen LogP contribution is 2.42. The van der Waals surface area contributed by atoms with Gasteiger partial charge in [0.25, 0.3) is 0 Å². The van der Waals surface area contributed by atoms with Crippen molar-refractivity contribution >= 4 is 14.3 Å². The first-order chi connectivity index (χ1) is 15.0. The molecular weight excluding hydrogens is 420 g/mol. The molecule has 1 aromatic rings. The molecule has 6 heteroatoms. The Hall–Kier alpha value is -1.21. The summed E-state index contributed by atoms with van der Waals surface area (Å²) >= 11 is 0. The molecule has 0 spiro atoms. The van der Waals surface area contributed by atoms with E-state index >= 15 is 0 Å². The number of benzene rings is 1. The molecule has 1 aromatic carbocycles. The molecular formula is C26H46O5Si. The van der Waals surface area contributed by atoms with Gasteiger partial charge in [-0.05, 0) is 29.1 Å². The van der Waals surface area contributed by atoms with Crippen LogP contribution in [0.1, 0.15) is 74.3 Å². The van der Waals surface area contributed by atoms with E-state index in [1.54, 1.807) is 13.8 Å². The standard InChI is InChI=1S/C26H46O5Si/c1-10-25(28)31-26(22(9)27)21(8)24(29-16-23-14-12-11-13-15-23)17-30-32(18(2)3,19(4)5)20(6)7/h11-15,18-22,24,26-27H,10,16-17H2,1-9H3/t21-,22-,24-,26-/m0/s1. The van der Waals surface area contributed by atoms with Gasteiger partial charge >= 0.3 is 5.97 Å². The number of rotatable bonds is 14. The van der Waals surface area contributed by atoms with E-state index in [1.807, 2.05) is 37.3 Å². The van der Waals surface area contributed by atoms with E-state index in [-0.39, 0.29) is 24.4 Å². The van der Waals surface area contributed by atoms with Crippen LogP contribution in [0.2, 0.25) is 16.6 Å². The Bertz CT molecular complexity index is 638. The van der Waals surface area contributed by atoms with Gasteiger partial charge in [-0.2, -0.15) is 0 Å². The zero-order valence-electron chi connectivity index (χ0n) is 21.6. The van der Waals surface area contributed by atoms with Crippen LogP contribution in [0.5, 0.6) is 0 Å². The predicted molar refractivity (Wildman–Crippen MR) is 133 cm³/mol. The lowest BCUT2D eigenvalue weighted by molar-refractivity contribution is -0.165. The van der Waals surface area contributed by atoms with Crippen LogP contribution in [-0.4, -0.2) is 44.3 Å². The van der Waals surface area contributed by atoms with E-state index in [2.05, 4.69) is 41.5 Å². The Morgan fingerprint density at radius 1 is 0.938 bits per heavy atom. The molecule has 0 saturated carbocycles. The van der Waals surface area contributed by atoms with Crippen LogP contribution in [0, 0.1) is 5.92 Å². The van der Waals surface area contributed by atoms with Crippen LogP contribution in [-0.2, 0) is 25.3 Å². The Labute approximate surface area is 197 Å². The summed E-state index contributed by atoms with van der Waals surface area (Å²) in [4.78, 5) is 12.0. The van der Waals surface area contributed by atoms with E-state index in [9.17, 15) is 9.90 Å². The van der Waals surface area contributed by atoms with Crippen LogP contribution in [0.25, 0.3) is 0 Å². The normalized spacial score (nSPS) is 16.3. The minimum atomic E-state index is -2.10. The molecule has 5 nitrogen and oxygen atoms in total. The van der Waals surface area contributed by atoms with Crippen LogP contribution in [0.4, 0.5) is 0 Å². The molecule has 0 heterocycles. The average molecular weight is 467 g/mol. The number of aliphatic hydroxyl groups is 1. The number of ether oxygens (including phenoxy) is 2. The summed E-state index contributed by atoms with van der Waals surface area (Å²) in [5.74, 6) is -0.548. The molecule has 0 bridgehead atoms. The van der Waals surface area contributed by atoms with Crippen molar-refractivity contribution in [2.45, 2.75) is 110 Å². The highest BCUT2D eigenvalue weighted by atomic mass is 28.4. The molecule has 32 heavy (non-hydrogen) atoms. The summed E-state index contributed by atoms with van der Waals surface area (Å²) < 4.78 is 18.8. The quantitative estimate of drug-likeness (QED) is 0.265. The van der Waals surface area contributed by atoms with Gasteiger partial charge in [-0.1, -0.05) is 85.7 Å². The number of hydrogen-bond acceptors (Lipinski definition) is 5. The molecule has 0 unspecified atom stereocenters. The van der Waals surface area contributed by atoms with E-state index < -0.39 is 20.5 Å². The summed E-state index contributed by atoms with van der Waals surface area (Å²) in [5.41, 5.74) is 2.44. The van der Waals surface area contributed by atoms with Gasteiger partial charge in [0, 0.05) is 12.3 Å². The number of carbonyl (C=O) groups excluding carboxylic acids is 1. The second-order valence-corrected chi connectivity index (χ2v) is 15.3. The topological polar surface area (TPSA) is 65.0 Å². The maximum absolute atomic E-state index is 12.0. The van der Waals surface area contributed by atoms with Crippen LogP contribution < -0.4 is 0 Å². The lowest BCUT2D eigenvalue weighted by Gasteiger charge is -2.43. The third kappa shape index (κ3) is 7.68. The fourth-order valence-electron chi connectivity index (χ4n) is 4.95. The molecule has 184 valence electrons. The fourth-order valence-corrected chi connectivity index (χ4v) is 10.4. The molecule has 0 amide bonds. The predicted octanol–water partition coefficient (Wildman–Crippen LogP) is 6.10. The number of esters is 1. The first kappa shape index (κ1) is 28.8. The Balaban J connectivity index is 3.16. The summed E-state index contributed by atoms with van der Waals surface area (Å²) in [7, 11) is -2.10. The van der Waals surface area contributed by atoms with E-state index in [0.29, 0.717) is 29.8 Å². The van der Waals surface area contributed by atoms with Gasteiger partial charge in [0.15, 0.2) is 8.32 Å². The van der Waals surface area contributed by atoms with Crippen molar-refractivity contribution in [2.75, 3.05) is 6.61 Å². The van der Waals surface area contributed by atoms with E-state index in [1.165, 1.54) is 0 Å². The second kappa shape index (κ2) is 13.5. The number of carbonyl (C=O) groups is 1. The Morgan fingerprint density at radius 2 is 1.47 bits per heavy atom. The molecule has 0 saturated heterocycles. The third-order valence-electron chi connectivity index (χ3n) is 6.65. The van der Waals surface area contributed by atoms with Gasteiger partial charge < -0.3 is 19.0 Å². The lowest BCUT2D eigenvalue weighted by Crippen LogP contribution is -2.51. The van der Waals surface area contributed by atoms with Crippen molar-refractivity contribution in [1.29, 1.82) is 0 Å². The molecule has 4 atom stereocenters. The van der Waals surface area contributed by atoms with Crippen molar-refractivity contribution in [3.05, 3.63) is 35.9 Å². The van der Waals surface area contributed by atoms with Gasteiger partial charge in [0.1, 0.15) is 6.10 Å². The maximum atomic E-state index is 12.0. The minimum absolute atomic E-state index is 0.229. The summed E-state index contributed by atoms with van der Waals surface area (Å²) in [6.45, 7) is 19.8. The van der Waals surface area contributed by atoms with Gasteiger partial charge in [-0.15, -0.1) is 0 Å². The van der Waals surface area contributed by atoms with Gasteiger partial charge in [-0.3, -0.25) is 4.79 Å². The lowest BCUT2D eigenvalue weighted by atomic mass is 9.94. The van der Waals surface area contributed by atoms with Crippen molar-refractivity contribution in [3.63, 3.8) is 0 Å². The molecule has 0 fully saturated rings. The molecule has 0 aliphatic rings. The third-order valence-corrected chi connectivity index (χ3v) is 12.7. The van der Waals surface area contributed by atoms with Gasteiger partial charge in [0.05, 0.1) is 25.4 Å². The van der Waals surface area contributed by atoms with Crippen molar-refractivity contribution in [1.82, 2.24) is 0 Å². The smallest absolute Gasteiger partial charge is 0.305 e. The first-order valence-electron chi connectivity index (χ1n) is 12.1. The van der Waals surface area contributed by atoms with Gasteiger partial charge in [-0.25, -0.2) is 0 Å². The maximum Gasteiger partial charge on any atom is 0.305 e. The largest absolute Gasteiger partial charge is 0.459 e.